The van der Waals surface area contributed by atoms with Gasteiger partial charge in [-0.15, -0.1) is 12.4 Å². The van der Waals surface area contributed by atoms with E-state index in [9.17, 15) is 30.7 Å². The Bertz CT molecular complexity index is 565. The van der Waals surface area contributed by atoms with Gasteiger partial charge in [-0.3, -0.25) is 0 Å². The van der Waals surface area contributed by atoms with Gasteiger partial charge in [0.2, 0.25) is 0 Å². The van der Waals surface area contributed by atoms with E-state index < -0.39 is 46.8 Å². The quantitative estimate of drug-likeness (QED) is 0.751. The molecular formula is C14H16ClF7N2. The van der Waals surface area contributed by atoms with Gasteiger partial charge in [0.25, 0.3) is 0 Å². The average molecular weight is 381 g/mol. The third kappa shape index (κ3) is 4.52. The lowest BCUT2D eigenvalue weighted by Gasteiger charge is -2.30. The largest absolute Gasteiger partial charge is 0.416 e. The smallest absolute Gasteiger partial charge is 0.324 e. The summed E-state index contributed by atoms with van der Waals surface area (Å²) in [5.41, 5.74) is 1.55. The van der Waals surface area contributed by atoms with Crippen molar-refractivity contribution in [2.24, 2.45) is 11.7 Å². The fourth-order valence-electron chi connectivity index (χ4n) is 2.79. The van der Waals surface area contributed by atoms with Crippen molar-refractivity contribution in [2.75, 3.05) is 13.1 Å². The molecule has 2 nitrogen and oxygen atoms in total. The van der Waals surface area contributed by atoms with E-state index in [1.807, 2.05) is 0 Å². The molecule has 2 rings (SSSR count). The first-order valence-electron chi connectivity index (χ1n) is 6.96. The maximum absolute atomic E-state index is 14.1. The summed E-state index contributed by atoms with van der Waals surface area (Å²) in [6, 6.07) is -1.30. The summed E-state index contributed by atoms with van der Waals surface area (Å²) in [5, 5.41) is 2.99. The zero-order chi connectivity index (χ0) is 17.4. The Labute approximate surface area is 140 Å². The molecule has 1 fully saturated rings. The van der Waals surface area contributed by atoms with Crippen LogP contribution in [0.1, 0.15) is 35.6 Å². The molecule has 24 heavy (non-hydrogen) atoms. The molecule has 1 aromatic rings. The fraction of sp³-hybridized carbons (Fsp3) is 0.571. The first-order valence-corrected chi connectivity index (χ1v) is 6.96. The van der Waals surface area contributed by atoms with E-state index >= 15 is 0 Å². The van der Waals surface area contributed by atoms with E-state index in [2.05, 4.69) is 5.32 Å². The van der Waals surface area contributed by atoms with Crippen molar-refractivity contribution >= 4 is 12.4 Å². The van der Waals surface area contributed by atoms with Crippen LogP contribution in [0.4, 0.5) is 30.7 Å². The third-order valence-corrected chi connectivity index (χ3v) is 3.99. The van der Waals surface area contributed by atoms with Crippen molar-refractivity contribution in [2.45, 2.75) is 31.2 Å². The minimum Gasteiger partial charge on any atom is -0.324 e. The lowest BCUT2D eigenvalue weighted by atomic mass is 9.83. The first-order chi connectivity index (χ1) is 10.5. The highest BCUT2D eigenvalue weighted by Crippen LogP contribution is 2.42. The molecule has 138 valence electrons. The second-order valence-corrected chi connectivity index (χ2v) is 5.53. The van der Waals surface area contributed by atoms with Crippen LogP contribution in [-0.2, 0) is 12.4 Å². The van der Waals surface area contributed by atoms with Crippen LogP contribution in [0.15, 0.2) is 12.1 Å². The Balaban J connectivity index is 0.00000288. The Morgan fingerprint density at radius 3 is 2.00 bits per heavy atom. The highest BCUT2D eigenvalue weighted by Gasteiger charge is 2.42. The predicted octanol–water partition coefficient (Wildman–Crippen LogP) is 4.28. The van der Waals surface area contributed by atoms with Gasteiger partial charge in [-0.1, -0.05) is 0 Å². The normalized spacial score (nSPS) is 18.2. The van der Waals surface area contributed by atoms with Gasteiger partial charge in [0.05, 0.1) is 11.1 Å². The molecule has 0 aromatic heterocycles. The summed E-state index contributed by atoms with van der Waals surface area (Å²) in [6.07, 6.45) is -9.34. The van der Waals surface area contributed by atoms with Gasteiger partial charge >= 0.3 is 12.4 Å². The molecule has 10 heteroatoms. The molecule has 1 aliphatic heterocycles. The van der Waals surface area contributed by atoms with Gasteiger partial charge < -0.3 is 11.1 Å². The van der Waals surface area contributed by atoms with Crippen LogP contribution in [0.3, 0.4) is 0 Å². The minimum absolute atomic E-state index is 0. The van der Waals surface area contributed by atoms with Crippen LogP contribution >= 0.6 is 12.4 Å². The number of halogens is 8. The average Bonchev–Trinajstić information content (AvgIpc) is 2.44. The van der Waals surface area contributed by atoms with Crippen LogP contribution in [0.25, 0.3) is 0 Å². The van der Waals surface area contributed by atoms with E-state index in [-0.39, 0.29) is 24.5 Å². The molecule has 1 heterocycles. The Morgan fingerprint density at radius 1 is 1.00 bits per heavy atom. The number of piperidine rings is 1. The SMILES string of the molecule is Cl.N[C@@H](c1c(F)cc(C(F)(F)F)cc1C(F)(F)F)C1CCNCC1. The number of nitrogens with one attached hydrogen (secondary N) is 1. The first kappa shape index (κ1) is 21.0. The summed E-state index contributed by atoms with van der Waals surface area (Å²) < 4.78 is 91.4. The maximum Gasteiger partial charge on any atom is 0.416 e. The molecule has 1 saturated heterocycles. The van der Waals surface area contributed by atoms with Gasteiger partial charge in [0.15, 0.2) is 0 Å². The second-order valence-electron chi connectivity index (χ2n) is 5.53. The molecule has 0 saturated carbocycles. The van der Waals surface area contributed by atoms with Gasteiger partial charge in [-0.2, -0.15) is 26.3 Å². The van der Waals surface area contributed by atoms with E-state index in [4.69, 9.17) is 5.73 Å². The van der Waals surface area contributed by atoms with Crippen LogP contribution < -0.4 is 11.1 Å². The third-order valence-electron chi connectivity index (χ3n) is 3.99. The minimum atomic E-state index is -5.12. The molecular weight excluding hydrogens is 365 g/mol. The summed E-state index contributed by atoms with van der Waals surface area (Å²) in [5.74, 6) is -2.00. The van der Waals surface area contributed by atoms with E-state index in [0.717, 1.165) is 0 Å². The molecule has 3 N–H and O–H groups in total. The molecule has 0 amide bonds. The Kier molecular flexibility index (Phi) is 6.51. The molecule has 0 aliphatic carbocycles. The molecule has 0 radical (unpaired) electrons. The van der Waals surface area contributed by atoms with Gasteiger partial charge in [0.1, 0.15) is 5.82 Å². The van der Waals surface area contributed by atoms with Crippen LogP contribution in [0, 0.1) is 11.7 Å². The van der Waals surface area contributed by atoms with Crippen LogP contribution in [-0.4, -0.2) is 13.1 Å². The van der Waals surface area contributed by atoms with Crippen molar-refractivity contribution in [3.05, 3.63) is 34.6 Å². The molecule has 0 spiro atoms. The maximum atomic E-state index is 14.1. The molecule has 0 bridgehead atoms. The number of nitrogens with two attached hydrogens (primary N) is 1. The summed E-state index contributed by atoms with van der Waals surface area (Å²) in [7, 11) is 0. The number of hydrogen-bond acceptors (Lipinski definition) is 2. The Morgan fingerprint density at radius 2 is 1.54 bits per heavy atom. The van der Waals surface area contributed by atoms with Gasteiger partial charge in [-0.25, -0.2) is 4.39 Å². The monoisotopic (exact) mass is 380 g/mol. The van der Waals surface area contributed by atoms with Crippen molar-refractivity contribution in [3.63, 3.8) is 0 Å². The van der Waals surface area contributed by atoms with Crippen molar-refractivity contribution in [1.29, 1.82) is 0 Å². The van der Waals surface area contributed by atoms with Gasteiger partial charge in [0, 0.05) is 11.6 Å². The lowest BCUT2D eigenvalue weighted by molar-refractivity contribution is -0.144. The molecule has 1 aliphatic rings. The number of rotatable bonds is 2. The highest BCUT2D eigenvalue weighted by molar-refractivity contribution is 5.85. The Hall–Kier alpha value is -1.06. The summed E-state index contributed by atoms with van der Waals surface area (Å²) >= 11 is 0. The zero-order valence-electron chi connectivity index (χ0n) is 12.3. The molecule has 0 unspecified atom stereocenters. The molecule has 1 aromatic carbocycles. The highest BCUT2D eigenvalue weighted by atomic mass is 35.5. The van der Waals surface area contributed by atoms with Crippen molar-refractivity contribution in [3.8, 4) is 0 Å². The van der Waals surface area contributed by atoms with Crippen molar-refractivity contribution < 1.29 is 30.7 Å². The summed E-state index contributed by atoms with van der Waals surface area (Å²) in [6.45, 7) is 1.03. The second kappa shape index (κ2) is 7.45. The van der Waals surface area contributed by atoms with Crippen molar-refractivity contribution in [1.82, 2.24) is 5.32 Å². The number of hydrogen-bond donors (Lipinski definition) is 2. The summed E-state index contributed by atoms with van der Waals surface area (Å²) in [4.78, 5) is 0. The number of benzene rings is 1. The predicted molar refractivity (Wildman–Crippen MR) is 76.2 cm³/mol. The topological polar surface area (TPSA) is 38.0 Å². The van der Waals surface area contributed by atoms with Gasteiger partial charge in [-0.05, 0) is 44.0 Å². The standard InChI is InChI=1S/C14H15F7N2.ClH/c15-10-6-8(13(16,17)18)5-9(14(19,20)21)11(10)12(22)7-1-3-23-4-2-7;/h5-7,12,23H,1-4,22H2;1H/t12-;/m1./s1. The van der Waals surface area contributed by atoms with E-state index in [1.54, 1.807) is 0 Å². The molecule has 1 atom stereocenters. The van der Waals surface area contributed by atoms with Crippen LogP contribution in [0.5, 0.6) is 0 Å². The van der Waals surface area contributed by atoms with E-state index in [0.29, 0.717) is 25.9 Å². The lowest BCUT2D eigenvalue weighted by Crippen LogP contribution is -2.35. The van der Waals surface area contributed by atoms with Crippen LogP contribution in [0.2, 0.25) is 0 Å². The number of alkyl halides is 6. The fourth-order valence-corrected chi connectivity index (χ4v) is 2.79. The van der Waals surface area contributed by atoms with E-state index in [1.165, 1.54) is 0 Å². The zero-order valence-corrected chi connectivity index (χ0v) is 13.1.